The van der Waals surface area contributed by atoms with Crippen molar-refractivity contribution < 1.29 is 8.42 Å². The molecule has 1 aromatic rings. The molecule has 3 rings (SSSR count). The maximum atomic E-state index is 11.3. The van der Waals surface area contributed by atoms with Crippen molar-refractivity contribution in [3.63, 3.8) is 0 Å². The SMILES string of the molecule is Cc1nc2c(c(N3CCN(CCS(C)(=O)=O)CC3)n1)CCCC2. The normalized spacial score (nSPS) is 19.7. The highest BCUT2D eigenvalue weighted by molar-refractivity contribution is 7.90. The monoisotopic (exact) mass is 338 g/mol. The Balaban J connectivity index is 1.67. The standard InChI is InChI=1S/C16H26N4O2S/c1-13-17-15-6-4-3-5-14(15)16(18-13)20-9-7-19(8-10-20)11-12-23(2,21)22/h3-12H2,1-2H3. The minimum absolute atomic E-state index is 0.245. The Labute approximate surface area is 138 Å². The molecule has 1 fully saturated rings. The van der Waals surface area contributed by atoms with Gasteiger partial charge in [-0.2, -0.15) is 0 Å². The van der Waals surface area contributed by atoms with Crippen LogP contribution < -0.4 is 4.90 Å². The molecule has 0 saturated carbocycles. The van der Waals surface area contributed by atoms with Crippen molar-refractivity contribution >= 4 is 15.7 Å². The van der Waals surface area contributed by atoms with E-state index in [1.54, 1.807) is 0 Å². The molecule has 0 atom stereocenters. The highest BCUT2D eigenvalue weighted by Gasteiger charge is 2.24. The van der Waals surface area contributed by atoms with Gasteiger partial charge in [-0.15, -0.1) is 0 Å². The van der Waals surface area contributed by atoms with Gasteiger partial charge in [0.1, 0.15) is 21.5 Å². The van der Waals surface area contributed by atoms with E-state index in [0.717, 1.165) is 50.7 Å². The Morgan fingerprint density at radius 2 is 1.74 bits per heavy atom. The average molecular weight is 338 g/mol. The fraction of sp³-hybridized carbons (Fsp3) is 0.750. The van der Waals surface area contributed by atoms with Gasteiger partial charge in [0.15, 0.2) is 0 Å². The van der Waals surface area contributed by atoms with Crippen LogP contribution in [-0.4, -0.2) is 68.0 Å². The summed E-state index contributed by atoms with van der Waals surface area (Å²) in [5.74, 6) is 2.23. The summed E-state index contributed by atoms with van der Waals surface area (Å²) >= 11 is 0. The molecule has 7 heteroatoms. The first-order chi connectivity index (χ1) is 10.9. The van der Waals surface area contributed by atoms with Crippen LogP contribution in [0.2, 0.25) is 0 Å². The van der Waals surface area contributed by atoms with Crippen molar-refractivity contribution in [3.8, 4) is 0 Å². The third-order valence-corrected chi connectivity index (χ3v) is 5.65. The molecule has 0 unspecified atom stereocenters. The Kier molecular flexibility index (Phi) is 4.87. The minimum atomic E-state index is -2.88. The molecule has 0 amide bonds. The summed E-state index contributed by atoms with van der Waals surface area (Å²) in [5, 5.41) is 0. The molecule has 128 valence electrons. The molecule has 0 bridgehead atoms. The second-order valence-corrected chi connectivity index (χ2v) is 8.95. The molecule has 0 aromatic carbocycles. The third-order valence-electron chi connectivity index (χ3n) is 4.72. The predicted molar refractivity (Wildman–Crippen MR) is 91.8 cm³/mol. The first-order valence-electron chi connectivity index (χ1n) is 8.44. The molecule has 1 aliphatic carbocycles. The lowest BCUT2D eigenvalue weighted by molar-refractivity contribution is 0.271. The van der Waals surface area contributed by atoms with E-state index in [0.29, 0.717) is 6.54 Å². The quantitative estimate of drug-likeness (QED) is 0.810. The van der Waals surface area contributed by atoms with E-state index in [1.807, 2.05) is 6.92 Å². The van der Waals surface area contributed by atoms with Crippen LogP contribution >= 0.6 is 0 Å². The molecule has 23 heavy (non-hydrogen) atoms. The van der Waals surface area contributed by atoms with Crippen molar-refractivity contribution in [2.45, 2.75) is 32.6 Å². The van der Waals surface area contributed by atoms with Crippen molar-refractivity contribution in [2.75, 3.05) is 49.6 Å². The van der Waals surface area contributed by atoms with Crippen LogP contribution in [0, 0.1) is 6.92 Å². The second kappa shape index (κ2) is 6.73. The van der Waals surface area contributed by atoms with E-state index < -0.39 is 9.84 Å². The summed E-state index contributed by atoms with van der Waals surface area (Å²) in [6.07, 6.45) is 5.90. The molecule has 2 heterocycles. The number of fused-ring (bicyclic) bond motifs is 1. The van der Waals surface area contributed by atoms with Crippen molar-refractivity contribution in [3.05, 3.63) is 17.1 Å². The van der Waals surface area contributed by atoms with Gasteiger partial charge in [0.05, 0.1) is 5.75 Å². The highest BCUT2D eigenvalue weighted by Crippen LogP contribution is 2.28. The van der Waals surface area contributed by atoms with Crippen molar-refractivity contribution in [1.29, 1.82) is 0 Å². The highest BCUT2D eigenvalue weighted by atomic mass is 32.2. The molecule has 1 saturated heterocycles. The molecule has 6 nitrogen and oxygen atoms in total. The Morgan fingerprint density at radius 1 is 1.04 bits per heavy atom. The van der Waals surface area contributed by atoms with Gasteiger partial charge in [0.2, 0.25) is 0 Å². The smallest absolute Gasteiger partial charge is 0.148 e. The van der Waals surface area contributed by atoms with E-state index in [1.165, 1.54) is 30.4 Å². The molecular weight excluding hydrogens is 312 g/mol. The van der Waals surface area contributed by atoms with Gasteiger partial charge in [-0.05, 0) is 32.6 Å². The van der Waals surface area contributed by atoms with Crippen LogP contribution in [0.3, 0.4) is 0 Å². The zero-order valence-corrected chi connectivity index (χ0v) is 14.9. The number of aromatic nitrogens is 2. The number of hydrogen-bond donors (Lipinski definition) is 0. The molecule has 1 aromatic heterocycles. The van der Waals surface area contributed by atoms with Crippen LogP contribution in [0.1, 0.15) is 29.9 Å². The largest absolute Gasteiger partial charge is 0.354 e. The van der Waals surface area contributed by atoms with Crippen LogP contribution in [0.5, 0.6) is 0 Å². The van der Waals surface area contributed by atoms with Crippen molar-refractivity contribution in [2.24, 2.45) is 0 Å². The van der Waals surface area contributed by atoms with Gasteiger partial charge in [0.25, 0.3) is 0 Å². The summed E-state index contributed by atoms with van der Waals surface area (Å²) in [6.45, 7) is 6.22. The Hall–Kier alpha value is -1.21. The number of piperazine rings is 1. The zero-order valence-electron chi connectivity index (χ0n) is 14.1. The van der Waals surface area contributed by atoms with E-state index in [-0.39, 0.29) is 5.75 Å². The maximum absolute atomic E-state index is 11.3. The number of aryl methyl sites for hydroxylation is 2. The van der Waals surface area contributed by atoms with Gasteiger partial charge in [-0.25, -0.2) is 18.4 Å². The average Bonchev–Trinajstić information content (AvgIpc) is 2.52. The summed E-state index contributed by atoms with van der Waals surface area (Å²) in [4.78, 5) is 13.9. The third kappa shape index (κ3) is 4.20. The van der Waals surface area contributed by atoms with Gasteiger partial charge < -0.3 is 4.90 Å². The summed E-state index contributed by atoms with van der Waals surface area (Å²) in [6, 6.07) is 0. The van der Waals surface area contributed by atoms with Crippen LogP contribution in [-0.2, 0) is 22.7 Å². The van der Waals surface area contributed by atoms with Gasteiger partial charge in [0, 0.05) is 50.2 Å². The van der Waals surface area contributed by atoms with Gasteiger partial charge in [-0.1, -0.05) is 0 Å². The first-order valence-corrected chi connectivity index (χ1v) is 10.5. The molecule has 0 N–H and O–H groups in total. The molecular formula is C16H26N4O2S. The summed E-state index contributed by atoms with van der Waals surface area (Å²) < 4.78 is 22.6. The summed E-state index contributed by atoms with van der Waals surface area (Å²) in [5.41, 5.74) is 2.57. The number of rotatable bonds is 4. The second-order valence-electron chi connectivity index (χ2n) is 6.69. The topological polar surface area (TPSA) is 66.4 Å². The Bertz CT molecular complexity index is 667. The number of sulfone groups is 1. The Morgan fingerprint density at radius 3 is 2.43 bits per heavy atom. The number of anilines is 1. The fourth-order valence-corrected chi connectivity index (χ4v) is 4.02. The predicted octanol–water partition coefficient (Wildman–Crippen LogP) is 0.830. The van der Waals surface area contributed by atoms with Crippen LogP contribution in [0.25, 0.3) is 0 Å². The molecule has 0 spiro atoms. The van der Waals surface area contributed by atoms with Crippen LogP contribution in [0.15, 0.2) is 0 Å². The fourth-order valence-electron chi connectivity index (χ4n) is 3.43. The maximum Gasteiger partial charge on any atom is 0.148 e. The minimum Gasteiger partial charge on any atom is -0.354 e. The lowest BCUT2D eigenvalue weighted by atomic mass is 9.96. The van der Waals surface area contributed by atoms with Gasteiger partial charge >= 0.3 is 0 Å². The molecule has 2 aliphatic rings. The lowest BCUT2D eigenvalue weighted by Gasteiger charge is -2.36. The van der Waals surface area contributed by atoms with E-state index in [4.69, 9.17) is 4.98 Å². The first kappa shape index (κ1) is 16.6. The number of hydrogen-bond acceptors (Lipinski definition) is 6. The molecule has 1 aliphatic heterocycles. The number of nitrogens with zero attached hydrogens (tertiary/aromatic N) is 4. The summed E-state index contributed by atoms with van der Waals surface area (Å²) in [7, 11) is -2.88. The van der Waals surface area contributed by atoms with Gasteiger partial charge in [-0.3, -0.25) is 4.90 Å². The lowest BCUT2D eigenvalue weighted by Crippen LogP contribution is -2.48. The van der Waals surface area contributed by atoms with Crippen LogP contribution in [0.4, 0.5) is 5.82 Å². The van der Waals surface area contributed by atoms with E-state index in [2.05, 4.69) is 14.8 Å². The van der Waals surface area contributed by atoms with Crippen molar-refractivity contribution in [1.82, 2.24) is 14.9 Å². The zero-order chi connectivity index (χ0) is 16.4. The van der Waals surface area contributed by atoms with E-state index in [9.17, 15) is 8.42 Å². The van der Waals surface area contributed by atoms with E-state index >= 15 is 0 Å². The molecule has 0 radical (unpaired) electrons.